The van der Waals surface area contributed by atoms with Crippen molar-refractivity contribution in [1.82, 2.24) is 9.55 Å². The molecule has 0 saturated heterocycles. The van der Waals surface area contributed by atoms with E-state index in [0.717, 1.165) is 28.8 Å². The van der Waals surface area contributed by atoms with Crippen molar-refractivity contribution >= 4 is 11.0 Å². The summed E-state index contributed by atoms with van der Waals surface area (Å²) in [6.45, 7) is 1.27. The maximum atomic E-state index is 9.34. The van der Waals surface area contributed by atoms with Crippen molar-refractivity contribution in [1.29, 1.82) is 0 Å². The van der Waals surface area contributed by atoms with E-state index in [9.17, 15) is 5.11 Å². The Balaban J connectivity index is 2.14. The van der Waals surface area contributed by atoms with Gasteiger partial charge in [0.25, 0.3) is 0 Å². The van der Waals surface area contributed by atoms with Gasteiger partial charge in [0.2, 0.25) is 0 Å². The van der Waals surface area contributed by atoms with Gasteiger partial charge in [-0.15, -0.1) is 0 Å². The molecule has 3 aromatic rings. The average molecular weight is 281 g/mol. The van der Waals surface area contributed by atoms with Crippen LogP contribution in [0.4, 0.5) is 0 Å². The predicted octanol–water partition coefficient (Wildman–Crippen LogP) is 2.20. The van der Waals surface area contributed by atoms with Crippen molar-refractivity contribution < 1.29 is 5.11 Å². The third kappa shape index (κ3) is 2.68. The molecule has 3 rings (SSSR count). The average Bonchev–Trinajstić information content (AvgIpc) is 2.88. The van der Waals surface area contributed by atoms with Gasteiger partial charge in [-0.1, -0.05) is 30.3 Å². The lowest BCUT2D eigenvalue weighted by atomic mass is 10.1. The number of nitrogens with two attached hydrogens (primary N) is 1. The maximum absolute atomic E-state index is 9.34. The molecule has 0 bridgehead atoms. The molecule has 0 fully saturated rings. The molecule has 108 valence electrons. The van der Waals surface area contributed by atoms with Crippen LogP contribution in [0.1, 0.15) is 5.56 Å². The SMILES string of the molecule is NCCc1cccc(-c2nc3ccccc3n2CCO)c1. The van der Waals surface area contributed by atoms with E-state index in [1.165, 1.54) is 5.56 Å². The van der Waals surface area contributed by atoms with Gasteiger partial charge in [0.05, 0.1) is 17.6 Å². The largest absolute Gasteiger partial charge is 0.395 e. The lowest BCUT2D eigenvalue weighted by Crippen LogP contribution is -2.05. The van der Waals surface area contributed by atoms with Crippen LogP contribution in [0, 0.1) is 0 Å². The van der Waals surface area contributed by atoms with Crippen LogP contribution >= 0.6 is 0 Å². The van der Waals surface area contributed by atoms with E-state index in [2.05, 4.69) is 22.8 Å². The first kappa shape index (κ1) is 13.8. The van der Waals surface area contributed by atoms with Crippen molar-refractivity contribution in [2.24, 2.45) is 5.73 Å². The standard InChI is InChI=1S/C17H19N3O/c18-9-8-13-4-3-5-14(12-13)17-19-15-6-1-2-7-16(15)20(17)10-11-21/h1-7,12,21H,8-11,18H2. The van der Waals surface area contributed by atoms with Gasteiger partial charge in [-0.2, -0.15) is 0 Å². The molecule has 0 aliphatic carbocycles. The van der Waals surface area contributed by atoms with Crippen molar-refractivity contribution in [3.63, 3.8) is 0 Å². The highest BCUT2D eigenvalue weighted by Crippen LogP contribution is 2.25. The molecule has 0 radical (unpaired) electrons. The van der Waals surface area contributed by atoms with Crippen LogP contribution in [-0.2, 0) is 13.0 Å². The molecule has 2 aromatic carbocycles. The number of aromatic nitrogens is 2. The van der Waals surface area contributed by atoms with Crippen LogP contribution in [0.5, 0.6) is 0 Å². The third-order valence-electron chi connectivity index (χ3n) is 3.60. The summed E-state index contributed by atoms with van der Waals surface area (Å²) in [4.78, 5) is 4.72. The molecular weight excluding hydrogens is 262 g/mol. The first-order chi connectivity index (χ1) is 10.3. The summed E-state index contributed by atoms with van der Waals surface area (Å²) in [5, 5.41) is 9.34. The Morgan fingerprint density at radius 1 is 1.10 bits per heavy atom. The Labute approximate surface area is 123 Å². The lowest BCUT2D eigenvalue weighted by molar-refractivity contribution is 0.278. The van der Waals surface area contributed by atoms with Crippen LogP contribution < -0.4 is 5.73 Å². The van der Waals surface area contributed by atoms with Gasteiger partial charge in [-0.3, -0.25) is 0 Å². The molecule has 0 unspecified atom stereocenters. The molecule has 0 atom stereocenters. The second-order valence-corrected chi connectivity index (χ2v) is 5.04. The topological polar surface area (TPSA) is 64.1 Å². The zero-order chi connectivity index (χ0) is 14.7. The Morgan fingerprint density at radius 3 is 2.76 bits per heavy atom. The molecule has 0 saturated carbocycles. The summed E-state index contributed by atoms with van der Waals surface area (Å²) in [7, 11) is 0. The van der Waals surface area contributed by atoms with Gasteiger partial charge in [0.1, 0.15) is 5.82 Å². The number of para-hydroxylation sites is 2. The smallest absolute Gasteiger partial charge is 0.141 e. The Bertz CT molecular complexity index is 749. The summed E-state index contributed by atoms with van der Waals surface area (Å²) in [6, 6.07) is 16.3. The maximum Gasteiger partial charge on any atom is 0.141 e. The van der Waals surface area contributed by atoms with Crippen LogP contribution in [0.3, 0.4) is 0 Å². The van der Waals surface area contributed by atoms with E-state index < -0.39 is 0 Å². The number of rotatable bonds is 5. The number of imidazole rings is 1. The lowest BCUT2D eigenvalue weighted by Gasteiger charge is -2.08. The predicted molar refractivity (Wildman–Crippen MR) is 85.0 cm³/mol. The van der Waals surface area contributed by atoms with Gasteiger partial charge >= 0.3 is 0 Å². The van der Waals surface area contributed by atoms with Crippen molar-refractivity contribution in [2.45, 2.75) is 13.0 Å². The first-order valence-corrected chi connectivity index (χ1v) is 7.19. The quantitative estimate of drug-likeness (QED) is 0.753. The number of aliphatic hydroxyl groups is 1. The van der Waals surface area contributed by atoms with Crippen LogP contribution in [-0.4, -0.2) is 27.8 Å². The molecule has 4 nitrogen and oxygen atoms in total. The van der Waals surface area contributed by atoms with Gasteiger partial charge in [0, 0.05) is 12.1 Å². The highest BCUT2D eigenvalue weighted by molar-refractivity contribution is 5.80. The monoisotopic (exact) mass is 281 g/mol. The zero-order valence-corrected chi connectivity index (χ0v) is 11.9. The van der Waals surface area contributed by atoms with Crippen LogP contribution in [0.2, 0.25) is 0 Å². The Morgan fingerprint density at radius 2 is 1.95 bits per heavy atom. The summed E-state index contributed by atoms with van der Waals surface area (Å²) < 4.78 is 2.07. The normalized spacial score (nSPS) is 11.1. The second-order valence-electron chi connectivity index (χ2n) is 5.04. The summed E-state index contributed by atoms with van der Waals surface area (Å²) in [5.41, 5.74) is 9.90. The van der Waals surface area contributed by atoms with E-state index in [4.69, 9.17) is 10.7 Å². The molecule has 21 heavy (non-hydrogen) atoms. The van der Waals surface area contributed by atoms with Crippen LogP contribution in [0.25, 0.3) is 22.4 Å². The van der Waals surface area contributed by atoms with Crippen molar-refractivity contribution in [3.05, 3.63) is 54.1 Å². The summed E-state index contributed by atoms with van der Waals surface area (Å²) >= 11 is 0. The number of fused-ring (bicyclic) bond motifs is 1. The van der Waals surface area contributed by atoms with E-state index >= 15 is 0 Å². The van der Waals surface area contributed by atoms with Gasteiger partial charge in [-0.05, 0) is 36.7 Å². The zero-order valence-electron chi connectivity index (χ0n) is 11.9. The molecule has 4 heteroatoms. The Hall–Kier alpha value is -2.17. The van der Waals surface area contributed by atoms with E-state index in [1.54, 1.807) is 0 Å². The highest BCUT2D eigenvalue weighted by Gasteiger charge is 2.12. The van der Waals surface area contributed by atoms with Gasteiger partial charge in [0.15, 0.2) is 0 Å². The number of hydrogen-bond donors (Lipinski definition) is 2. The fourth-order valence-electron chi connectivity index (χ4n) is 2.65. The number of hydrogen-bond acceptors (Lipinski definition) is 3. The highest BCUT2D eigenvalue weighted by atomic mass is 16.3. The summed E-state index contributed by atoms with van der Waals surface area (Å²) in [5.74, 6) is 0.893. The second kappa shape index (κ2) is 6.08. The van der Waals surface area contributed by atoms with E-state index in [0.29, 0.717) is 13.1 Å². The molecule has 1 heterocycles. The molecule has 0 spiro atoms. The van der Waals surface area contributed by atoms with Crippen molar-refractivity contribution in [2.75, 3.05) is 13.2 Å². The number of benzene rings is 2. The number of nitrogens with zero attached hydrogens (tertiary/aromatic N) is 2. The minimum Gasteiger partial charge on any atom is -0.395 e. The van der Waals surface area contributed by atoms with E-state index in [1.807, 2.05) is 30.3 Å². The minimum atomic E-state index is 0.0931. The van der Waals surface area contributed by atoms with Gasteiger partial charge in [-0.25, -0.2) is 4.98 Å². The fraction of sp³-hybridized carbons (Fsp3) is 0.235. The Kier molecular flexibility index (Phi) is 3.99. The summed E-state index contributed by atoms with van der Waals surface area (Å²) in [6.07, 6.45) is 0.855. The van der Waals surface area contributed by atoms with Crippen LogP contribution in [0.15, 0.2) is 48.5 Å². The minimum absolute atomic E-state index is 0.0931. The fourth-order valence-corrected chi connectivity index (χ4v) is 2.65. The van der Waals surface area contributed by atoms with E-state index in [-0.39, 0.29) is 6.61 Å². The molecule has 0 aliphatic rings. The number of aliphatic hydroxyl groups excluding tert-OH is 1. The molecule has 3 N–H and O–H groups in total. The molecular formula is C17H19N3O. The molecule has 0 aliphatic heterocycles. The van der Waals surface area contributed by atoms with Gasteiger partial charge < -0.3 is 15.4 Å². The molecule has 0 amide bonds. The third-order valence-corrected chi connectivity index (χ3v) is 3.60. The molecule has 1 aromatic heterocycles. The van der Waals surface area contributed by atoms with Crippen molar-refractivity contribution in [3.8, 4) is 11.4 Å². The first-order valence-electron chi connectivity index (χ1n) is 7.19.